The van der Waals surface area contributed by atoms with Crippen molar-refractivity contribution in [3.63, 3.8) is 0 Å². The molecule has 2 rings (SSSR count). The van der Waals surface area contributed by atoms with E-state index in [1.807, 2.05) is 0 Å². The third kappa shape index (κ3) is 2.49. The minimum absolute atomic E-state index is 0.0910. The van der Waals surface area contributed by atoms with Crippen LogP contribution in [0, 0.1) is 11.3 Å². The predicted octanol–water partition coefficient (Wildman–Crippen LogP) is 2.36. The fourth-order valence-electron chi connectivity index (χ4n) is 3.13. The molecular formula is C15H28O4Si. The van der Waals surface area contributed by atoms with E-state index >= 15 is 0 Å². The van der Waals surface area contributed by atoms with Crippen molar-refractivity contribution >= 4 is 14.6 Å². The highest BCUT2D eigenvalue weighted by Gasteiger charge is 2.65. The van der Waals surface area contributed by atoms with Gasteiger partial charge in [-0.05, 0) is 31.0 Å². The summed E-state index contributed by atoms with van der Waals surface area (Å²) in [6, 6.07) is 0. The highest BCUT2D eigenvalue weighted by molar-refractivity contribution is 6.74. The van der Waals surface area contributed by atoms with Crippen molar-refractivity contribution in [1.82, 2.24) is 0 Å². The smallest absolute Gasteiger partial charge is 0.192 e. The van der Waals surface area contributed by atoms with Crippen LogP contribution in [0.1, 0.15) is 33.6 Å². The lowest BCUT2D eigenvalue weighted by Gasteiger charge is -2.45. The van der Waals surface area contributed by atoms with Crippen molar-refractivity contribution in [3.05, 3.63) is 0 Å². The third-order valence-corrected chi connectivity index (χ3v) is 10.1. The molecule has 1 N–H and O–H groups in total. The molecule has 5 heteroatoms. The fraction of sp³-hybridized carbons (Fsp3) is 0.933. The molecule has 0 heterocycles. The molecule has 0 bridgehead atoms. The van der Waals surface area contributed by atoms with Crippen LogP contribution in [0.2, 0.25) is 18.1 Å². The molecule has 0 aromatic carbocycles. The molecule has 0 spiro atoms. The number of aliphatic hydroxyl groups is 1. The Morgan fingerprint density at radius 1 is 1.25 bits per heavy atom. The number of carbonyl (C=O) groups excluding carboxylic acids is 1. The Hall–Kier alpha value is -0.233. The summed E-state index contributed by atoms with van der Waals surface area (Å²) in [4.78, 5) is 11.3. The third-order valence-electron chi connectivity index (χ3n) is 5.61. The minimum Gasteiger partial charge on any atom is -0.409 e. The van der Waals surface area contributed by atoms with Gasteiger partial charge in [0.05, 0.1) is 18.3 Å². The van der Waals surface area contributed by atoms with Gasteiger partial charge in [0.1, 0.15) is 6.29 Å². The zero-order valence-corrected chi connectivity index (χ0v) is 14.5. The molecule has 2 aliphatic carbocycles. The average molecular weight is 300 g/mol. The van der Waals surface area contributed by atoms with Crippen molar-refractivity contribution in [2.24, 2.45) is 11.3 Å². The molecule has 0 radical (unpaired) electrons. The number of ether oxygens (including phenoxy) is 1. The van der Waals surface area contributed by atoms with Crippen molar-refractivity contribution < 1.29 is 19.1 Å². The van der Waals surface area contributed by atoms with E-state index in [4.69, 9.17) is 9.16 Å². The molecule has 0 amide bonds. The molecule has 2 unspecified atom stereocenters. The number of aliphatic hydroxyl groups excluding tert-OH is 1. The van der Waals surface area contributed by atoms with Gasteiger partial charge in [-0.1, -0.05) is 20.8 Å². The molecule has 0 aromatic heterocycles. The van der Waals surface area contributed by atoms with Crippen LogP contribution in [0.25, 0.3) is 0 Å². The Kier molecular flexibility index (Phi) is 3.96. The van der Waals surface area contributed by atoms with Gasteiger partial charge in [-0.2, -0.15) is 0 Å². The van der Waals surface area contributed by atoms with E-state index in [-0.39, 0.29) is 28.6 Å². The van der Waals surface area contributed by atoms with Crippen LogP contribution in [0.3, 0.4) is 0 Å². The summed E-state index contributed by atoms with van der Waals surface area (Å²) in [5, 5.41) is 10.5. The van der Waals surface area contributed by atoms with Gasteiger partial charge in [-0.15, -0.1) is 0 Å². The number of aldehydes is 1. The van der Waals surface area contributed by atoms with Crippen LogP contribution in [-0.2, 0) is 14.0 Å². The highest BCUT2D eigenvalue weighted by atomic mass is 28.4. The largest absolute Gasteiger partial charge is 0.409 e. The lowest BCUT2D eigenvalue weighted by molar-refractivity contribution is -0.129. The monoisotopic (exact) mass is 300 g/mol. The van der Waals surface area contributed by atoms with E-state index in [1.165, 1.54) is 0 Å². The molecule has 2 fully saturated rings. The molecule has 5 atom stereocenters. The Labute approximate surface area is 123 Å². The van der Waals surface area contributed by atoms with E-state index < -0.39 is 14.4 Å². The first-order chi connectivity index (χ1) is 9.08. The van der Waals surface area contributed by atoms with Gasteiger partial charge < -0.3 is 19.1 Å². The number of hydrogen-bond donors (Lipinski definition) is 1. The first-order valence-corrected chi connectivity index (χ1v) is 10.3. The fourth-order valence-corrected chi connectivity index (χ4v) is 4.45. The van der Waals surface area contributed by atoms with Gasteiger partial charge in [0, 0.05) is 18.4 Å². The highest BCUT2D eigenvalue weighted by Crippen LogP contribution is 2.61. The van der Waals surface area contributed by atoms with Crippen LogP contribution in [0.15, 0.2) is 0 Å². The molecule has 0 aromatic rings. The summed E-state index contributed by atoms with van der Waals surface area (Å²) in [5.41, 5.74) is -0.354. The molecule has 2 aliphatic rings. The summed E-state index contributed by atoms with van der Waals surface area (Å²) in [5.74, 6) is 0.211. The zero-order chi connectivity index (χ0) is 15.3. The molecular weight excluding hydrogens is 272 g/mol. The van der Waals surface area contributed by atoms with Crippen molar-refractivity contribution in [2.75, 3.05) is 7.11 Å². The minimum atomic E-state index is -1.97. The van der Waals surface area contributed by atoms with E-state index in [9.17, 15) is 9.90 Å². The van der Waals surface area contributed by atoms with E-state index in [0.29, 0.717) is 6.42 Å². The van der Waals surface area contributed by atoms with Crippen molar-refractivity contribution in [3.8, 4) is 0 Å². The molecule has 0 saturated heterocycles. The number of hydrogen-bond acceptors (Lipinski definition) is 4. The van der Waals surface area contributed by atoms with E-state index in [0.717, 1.165) is 12.7 Å². The van der Waals surface area contributed by atoms with E-state index in [1.54, 1.807) is 7.11 Å². The maximum Gasteiger partial charge on any atom is 0.192 e. The number of carbonyl (C=O) groups is 1. The van der Waals surface area contributed by atoms with Crippen molar-refractivity contribution in [2.45, 2.75) is 70.1 Å². The molecule has 20 heavy (non-hydrogen) atoms. The molecule has 2 saturated carbocycles. The Balaban J connectivity index is 2.17. The summed E-state index contributed by atoms with van der Waals surface area (Å²) in [7, 11) is -0.315. The first-order valence-electron chi connectivity index (χ1n) is 7.43. The summed E-state index contributed by atoms with van der Waals surface area (Å²) in [6.07, 6.45) is 1.26. The first kappa shape index (κ1) is 16.1. The zero-order valence-electron chi connectivity index (χ0n) is 13.5. The number of rotatable bonds is 4. The van der Waals surface area contributed by atoms with Crippen LogP contribution in [0.4, 0.5) is 0 Å². The predicted molar refractivity (Wildman–Crippen MR) is 80.1 cm³/mol. The van der Waals surface area contributed by atoms with Gasteiger partial charge in [0.2, 0.25) is 0 Å². The maximum absolute atomic E-state index is 11.3. The Bertz CT molecular complexity index is 390. The summed E-state index contributed by atoms with van der Waals surface area (Å²) in [6.45, 7) is 10.9. The number of fused-ring (bicyclic) bond motifs is 1. The quantitative estimate of drug-likeness (QED) is 0.640. The molecule has 116 valence electrons. The van der Waals surface area contributed by atoms with Crippen LogP contribution < -0.4 is 0 Å². The number of methoxy groups -OCH3 is 1. The summed E-state index contributed by atoms with van der Waals surface area (Å²) < 4.78 is 12.0. The van der Waals surface area contributed by atoms with Crippen LogP contribution in [-0.4, -0.2) is 45.1 Å². The molecule has 0 aliphatic heterocycles. The second kappa shape index (κ2) is 4.90. The lowest BCUT2D eigenvalue weighted by atomic mass is 9.84. The Morgan fingerprint density at radius 2 is 1.85 bits per heavy atom. The van der Waals surface area contributed by atoms with Crippen LogP contribution in [0.5, 0.6) is 0 Å². The van der Waals surface area contributed by atoms with Crippen LogP contribution >= 0.6 is 0 Å². The van der Waals surface area contributed by atoms with Gasteiger partial charge in [0.25, 0.3) is 0 Å². The average Bonchev–Trinajstić information content (AvgIpc) is 3.02. The second-order valence-corrected chi connectivity index (χ2v) is 12.7. The van der Waals surface area contributed by atoms with Crippen molar-refractivity contribution in [1.29, 1.82) is 0 Å². The van der Waals surface area contributed by atoms with E-state index in [2.05, 4.69) is 33.9 Å². The van der Waals surface area contributed by atoms with Gasteiger partial charge in [-0.3, -0.25) is 0 Å². The maximum atomic E-state index is 11.3. The van der Waals surface area contributed by atoms with Gasteiger partial charge in [0.15, 0.2) is 8.32 Å². The SMILES string of the molecule is CO[C@H]1C(O[Si](C)(C)C(C)(C)C)[C@H](O)C[C@]2(C=O)CC12. The van der Waals surface area contributed by atoms with Gasteiger partial charge >= 0.3 is 0 Å². The standard InChI is InChI=1S/C15H28O4Si/c1-14(2,3)20(5,6)19-13-11(17)8-15(9-16)7-10(15)12(13)18-4/h9-13,17H,7-8H2,1-6H3/t10?,11-,12-,13?,15+/m1/s1. The summed E-state index contributed by atoms with van der Waals surface area (Å²) >= 11 is 0. The lowest BCUT2D eigenvalue weighted by Crippen LogP contribution is -2.55. The normalized spacial score (nSPS) is 41.1. The topological polar surface area (TPSA) is 55.8 Å². The molecule has 4 nitrogen and oxygen atoms in total. The second-order valence-electron chi connectivity index (χ2n) is 7.98. The Morgan fingerprint density at radius 3 is 2.30 bits per heavy atom. The van der Waals surface area contributed by atoms with Gasteiger partial charge in [-0.25, -0.2) is 0 Å².